The number of aromatic nitrogens is 6. The highest BCUT2D eigenvalue weighted by molar-refractivity contribution is 5.70. The van der Waals surface area contributed by atoms with Crippen LogP contribution >= 0.6 is 0 Å². The molecule has 2 aromatic heterocycles. The lowest BCUT2D eigenvalue weighted by molar-refractivity contribution is 0.111. The van der Waals surface area contributed by atoms with Crippen molar-refractivity contribution in [1.29, 1.82) is 0 Å². The van der Waals surface area contributed by atoms with Gasteiger partial charge in [0.15, 0.2) is 12.1 Å². The maximum absolute atomic E-state index is 10.3. The highest BCUT2D eigenvalue weighted by atomic mass is 16.1. The second-order valence-corrected chi connectivity index (χ2v) is 2.80. The second kappa shape index (κ2) is 3.36. The minimum Gasteiger partial charge on any atom is -0.296 e. The Balaban J connectivity index is 2.14. The molecule has 0 aromatic carbocycles. The number of hydrogen-bond donors (Lipinski definition) is 1. The van der Waals surface area contributed by atoms with Crippen LogP contribution in [0.15, 0.2) is 6.20 Å². The zero-order valence-electron chi connectivity index (χ0n) is 7.51. The maximum atomic E-state index is 10.3. The molecule has 0 spiro atoms. The van der Waals surface area contributed by atoms with Crippen molar-refractivity contribution < 1.29 is 4.79 Å². The second-order valence-electron chi connectivity index (χ2n) is 2.80. The molecule has 0 aliphatic carbocycles. The molecule has 0 unspecified atom stereocenters. The molecule has 1 N–H and O–H groups in total. The van der Waals surface area contributed by atoms with E-state index >= 15 is 0 Å². The molecule has 14 heavy (non-hydrogen) atoms. The van der Waals surface area contributed by atoms with Crippen LogP contribution in [0.4, 0.5) is 0 Å². The lowest BCUT2D eigenvalue weighted by atomic mass is 10.5. The van der Waals surface area contributed by atoms with Gasteiger partial charge in [0.2, 0.25) is 0 Å². The molecular formula is C7H8N6O. The smallest absolute Gasteiger partial charge is 0.172 e. The Morgan fingerprint density at radius 2 is 2.50 bits per heavy atom. The van der Waals surface area contributed by atoms with Crippen LogP contribution in [0, 0.1) is 6.92 Å². The van der Waals surface area contributed by atoms with Crippen molar-refractivity contribution in [2.24, 2.45) is 0 Å². The van der Waals surface area contributed by atoms with E-state index in [9.17, 15) is 4.79 Å². The van der Waals surface area contributed by atoms with Gasteiger partial charge in [0.05, 0.1) is 6.20 Å². The molecule has 0 radical (unpaired) electrons. The first-order valence-electron chi connectivity index (χ1n) is 4.01. The van der Waals surface area contributed by atoms with E-state index in [1.807, 2.05) is 6.92 Å². The molecule has 0 saturated heterocycles. The Bertz CT molecular complexity index is 444. The van der Waals surface area contributed by atoms with E-state index in [4.69, 9.17) is 0 Å². The summed E-state index contributed by atoms with van der Waals surface area (Å²) in [5.74, 6) is 1.36. The first-order valence-corrected chi connectivity index (χ1v) is 4.01. The summed E-state index contributed by atoms with van der Waals surface area (Å²) in [5.41, 5.74) is 0.303. The standard InChI is InChI=1S/C7H8N6O/c1-5-8-7(11-9-5)3-13-2-6(4-14)10-12-13/h2,4H,3H2,1H3,(H,8,9,11). The number of nitrogens with one attached hydrogen (secondary N) is 1. The van der Waals surface area contributed by atoms with Crippen molar-refractivity contribution >= 4 is 6.29 Å². The van der Waals surface area contributed by atoms with Crippen LogP contribution in [-0.2, 0) is 6.54 Å². The normalized spacial score (nSPS) is 10.4. The van der Waals surface area contributed by atoms with E-state index in [-0.39, 0.29) is 0 Å². The SMILES string of the molecule is Cc1nc(Cn2cc(C=O)nn2)n[nH]1. The summed E-state index contributed by atoms with van der Waals surface area (Å²) in [5, 5.41) is 14.0. The molecule has 72 valence electrons. The predicted molar refractivity (Wildman–Crippen MR) is 45.6 cm³/mol. The third-order valence-electron chi connectivity index (χ3n) is 1.62. The summed E-state index contributed by atoms with van der Waals surface area (Å²) in [6.45, 7) is 2.22. The van der Waals surface area contributed by atoms with E-state index in [0.717, 1.165) is 5.82 Å². The number of nitrogens with zero attached hydrogens (tertiary/aromatic N) is 5. The summed E-state index contributed by atoms with van der Waals surface area (Å²) in [6.07, 6.45) is 2.19. The van der Waals surface area contributed by atoms with Crippen LogP contribution in [0.1, 0.15) is 22.1 Å². The molecule has 2 rings (SSSR count). The molecule has 7 heteroatoms. The fourth-order valence-electron chi connectivity index (χ4n) is 1.05. The Hall–Kier alpha value is -2.05. The van der Waals surface area contributed by atoms with Crippen molar-refractivity contribution in [3.63, 3.8) is 0 Å². The van der Waals surface area contributed by atoms with Gasteiger partial charge < -0.3 is 0 Å². The van der Waals surface area contributed by atoms with Gasteiger partial charge in [0.25, 0.3) is 0 Å². The van der Waals surface area contributed by atoms with Crippen LogP contribution in [0.5, 0.6) is 0 Å². The molecule has 0 saturated carbocycles. The maximum Gasteiger partial charge on any atom is 0.172 e. The first-order chi connectivity index (χ1) is 6.78. The number of rotatable bonds is 3. The summed E-state index contributed by atoms with van der Waals surface area (Å²) in [7, 11) is 0. The van der Waals surface area contributed by atoms with E-state index in [0.29, 0.717) is 24.3 Å². The van der Waals surface area contributed by atoms with E-state index in [1.165, 1.54) is 4.68 Å². The molecule has 0 bridgehead atoms. The molecular weight excluding hydrogens is 184 g/mol. The Morgan fingerprint density at radius 3 is 3.07 bits per heavy atom. The highest BCUT2D eigenvalue weighted by Gasteiger charge is 2.03. The Labute approximate surface area is 79.2 Å². The average Bonchev–Trinajstić information content (AvgIpc) is 2.76. The number of H-pyrrole nitrogens is 1. The fourth-order valence-corrected chi connectivity index (χ4v) is 1.05. The minimum atomic E-state index is 0.303. The highest BCUT2D eigenvalue weighted by Crippen LogP contribution is 1.95. The van der Waals surface area contributed by atoms with Gasteiger partial charge in [-0.15, -0.1) is 5.10 Å². The van der Waals surface area contributed by atoms with Gasteiger partial charge in [-0.2, -0.15) is 5.10 Å². The summed E-state index contributed by atoms with van der Waals surface area (Å²) in [6, 6.07) is 0. The van der Waals surface area contributed by atoms with Crippen LogP contribution in [0.3, 0.4) is 0 Å². The Kier molecular flexibility index (Phi) is 2.05. The van der Waals surface area contributed by atoms with E-state index in [2.05, 4.69) is 25.5 Å². The quantitative estimate of drug-likeness (QED) is 0.666. The topological polar surface area (TPSA) is 89.3 Å². The monoisotopic (exact) mass is 192 g/mol. The number of carbonyl (C=O) groups excluding carboxylic acids is 1. The average molecular weight is 192 g/mol. The van der Waals surface area contributed by atoms with Crippen LogP contribution < -0.4 is 0 Å². The molecule has 7 nitrogen and oxygen atoms in total. The zero-order valence-corrected chi connectivity index (χ0v) is 7.51. The number of aldehydes is 1. The third-order valence-corrected chi connectivity index (χ3v) is 1.62. The number of hydrogen-bond acceptors (Lipinski definition) is 5. The lowest BCUT2D eigenvalue weighted by Crippen LogP contribution is -2.02. The van der Waals surface area contributed by atoms with Crippen molar-refractivity contribution in [2.45, 2.75) is 13.5 Å². The van der Waals surface area contributed by atoms with Crippen LogP contribution in [0.2, 0.25) is 0 Å². The van der Waals surface area contributed by atoms with Crippen molar-refractivity contribution in [3.05, 3.63) is 23.5 Å². The van der Waals surface area contributed by atoms with Gasteiger partial charge in [-0.25, -0.2) is 9.67 Å². The van der Waals surface area contributed by atoms with E-state index in [1.54, 1.807) is 6.20 Å². The van der Waals surface area contributed by atoms with Crippen LogP contribution in [0.25, 0.3) is 0 Å². The summed E-state index contributed by atoms with van der Waals surface area (Å²) in [4.78, 5) is 14.4. The number of aromatic amines is 1. The largest absolute Gasteiger partial charge is 0.296 e. The summed E-state index contributed by atoms with van der Waals surface area (Å²) >= 11 is 0. The first kappa shape index (κ1) is 8.54. The van der Waals surface area contributed by atoms with Crippen molar-refractivity contribution in [2.75, 3.05) is 0 Å². The van der Waals surface area contributed by atoms with Crippen LogP contribution in [-0.4, -0.2) is 36.5 Å². The van der Waals surface area contributed by atoms with Gasteiger partial charge in [-0.05, 0) is 6.92 Å². The van der Waals surface area contributed by atoms with Crippen molar-refractivity contribution in [1.82, 2.24) is 30.2 Å². The lowest BCUT2D eigenvalue weighted by Gasteiger charge is -1.92. The minimum absolute atomic E-state index is 0.303. The number of carbonyl (C=O) groups is 1. The molecule has 0 atom stereocenters. The molecule has 0 aliphatic heterocycles. The van der Waals surface area contributed by atoms with Gasteiger partial charge in [0.1, 0.15) is 18.1 Å². The van der Waals surface area contributed by atoms with Gasteiger partial charge >= 0.3 is 0 Å². The van der Waals surface area contributed by atoms with Gasteiger partial charge in [0, 0.05) is 0 Å². The van der Waals surface area contributed by atoms with Gasteiger partial charge in [-0.1, -0.05) is 5.21 Å². The Morgan fingerprint density at radius 1 is 1.64 bits per heavy atom. The van der Waals surface area contributed by atoms with E-state index < -0.39 is 0 Å². The molecule has 2 aromatic rings. The van der Waals surface area contributed by atoms with Crippen molar-refractivity contribution in [3.8, 4) is 0 Å². The van der Waals surface area contributed by atoms with Gasteiger partial charge in [-0.3, -0.25) is 9.89 Å². The molecule has 2 heterocycles. The molecule has 0 fully saturated rings. The molecule has 0 aliphatic rings. The fraction of sp³-hybridized carbons (Fsp3) is 0.286. The molecule has 0 amide bonds. The summed E-state index contributed by atoms with van der Waals surface area (Å²) < 4.78 is 1.51. The zero-order chi connectivity index (χ0) is 9.97. The third kappa shape index (κ3) is 1.65. The predicted octanol–water partition coefficient (Wildman–Crippen LogP) is -0.435. The number of aryl methyl sites for hydroxylation is 1.